The Bertz CT molecular complexity index is 1180. The van der Waals surface area contributed by atoms with E-state index in [0.717, 1.165) is 4.47 Å². The smallest absolute Gasteiger partial charge is 0.264 e. The number of thiocarbonyl (C=S) groups is 1. The van der Waals surface area contributed by atoms with E-state index in [1.165, 1.54) is 16.4 Å². The van der Waals surface area contributed by atoms with E-state index in [1.807, 2.05) is 12.1 Å². The fourth-order valence-electron chi connectivity index (χ4n) is 2.89. The number of hydrogen-bond donors (Lipinski definition) is 2. The van der Waals surface area contributed by atoms with Crippen LogP contribution in [0.15, 0.2) is 88.2 Å². The number of halogens is 1. The highest BCUT2D eigenvalue weighted by atomic mass is 79.9. The summed E-state index contributed by atoms with van der Waals surface area (Å²) in [6, 6.07) is 22.1. The number of nitrogens with zero attached hydrogens (tertiary/aromatic N) is 1. The second-order valence-corrected chi connectivity index (χ2v) is 9.63. The van der Waals surface area contributed by atoms with Gasteiger partial charge in [-0.2, -0.15) is 0 Å². The highest BCUT2D eigenvalue weighted by Crippen LogP contribution is 2.24. The van der Waals surface area contributed by atoms with E-state index in [-0.39, 0.29) is 15.9 Å². The molecule has 0 saturated carbocycles. The lowest BCUT2D eigenvalue weighted by molar-refractivity contribution is 0.0977. The first-order valence-corrected chi connectivity index (χ1v) is 12.0. The van der Waals surface area contributed by atoms with Crippen molar-refractivity contribution in [3.8, 4) is 0 Å². The first-order chi connectivity index (χ1) is 14.8. The van der Waals surface area contributed by atoms with E-state index in [0.29, 0.717) is 23.5 Å². The summed E-state index contributed by atoms with van der Waals surface area (Å²) in [7, 11) is -3.71. The lowest BCUT2D eigenvalue weighted by Gasteiger charge is -2.23. The third kappa shape index (κ3) is 5.69. The molecular weight excluding hydrogens is 498 g/mol. The topological polar surface area (TPSA) is 78.5 Å². The predicted molar refractivity (Wildman–Crippen MR) is 131 cm³/mol. The summed E-state index contributed by atoms with van der Waals surface area (Å²) in [4.78, 5) is 12.4. The largest absolute Gasteiger partial charge is 0.332 e. The standard InChI is InChI=1S/C22H20BrN3O3S2/c1-2-26(19-9-4-3-5-10-19)31(28,29)20-13-11-18(12-14-20)24-22(30)25-21(27)16-7-6-8-17(23)15-16/h3-15H,2H2,1H3,(H2,24,25,27,30). The maximum atomic E-state index is 13.0. The maximum absolute atomic E-state index is 13.0. The minimum Gasteiger partial charge on any atom is -0.332 e. The van der Waals surface area contributed by atoms with Crippen LogP contribution in [0.25, 0.3) is 0 Å². The number of nitrogens with one attached hydrogen (secondary N) is 2. The van der Waals surface area contributed by atoms with Gasteiger partial charge in [-0.1, -0.05) is 40.2 Å². The van der Waals surface area contributed by atoms with Gasteiger partial charge in [0.15, 0.2) is 5.11 Å². The minimum atomic E-state index is -3.71. The second-order valence-electron chi connectivity index (χ2n) is 6.45. The monoisotopic (exact) mass is 517 g/mol. The Labute approximate surface area is 195 Å². The molecule has 160 valence electrons. The Morgan fingerprint density at radius 3 is 2.29 bits per heavy atom. The zero-order valence-electron chi connectivity index (χ0n) is 16.6. The Morgan fingerprint density at radius 2 is 1.68 bits per heavy atom. The summed E-state index contributed by atoms with van der Waals surface area (Å²) in [5.74, 6) is -0.348. The Balaban J connectivity index is 1.69. The van der Waals surface area contributed by atoms with Gasteiger partial charge in [-0.25, -0.2) is 8.42 Å². The minimum absolute atomic E-state index is 0.111. The highest BCUT2D eigenvalue weighted by molar-refractivity contribution is 9.10. The molecule has 0 spiro atoms. The van der Waals surface area contributed by atoms with Gasteiger partial charge in [-0.05, 0) is 73.7 Å². The number of anilines is 2. The van der Waals surface area contributed by atoms with Crippen molar-refractivity contribution in [2.75, 3.05) is 16.2 Å². The van der Waals surface area contributed by atoms with Crippen molar-refractivity contribution >= 4 is 60.6 Å². The van der Waals surface area contributed by atoms with Crippen LogP contribution in [0.4, 0.5) is 11.4 Å². The Morgan fingerprint density at radius 1 is 1.00 bits per heavy atom. The number of carbonyl (C=O) groups is 1. The van der Waals surface area contributed by atoms with Gasteiger partial charge >= 0.3 is 0 Å². The van der Waals surface area contributed by atoms with Crippen molar-refractivity contribution in [1.82, 2.24) is 5.32 Å². The van der Waals surface area contributed by atoms with Gasteiger partial charge in [0.05, 0.1) is 10.6 Å². The number of amides is 1. The van der Waals surface area contributed by atoms with Crippen LogP contribution in [-0.4, -0.2) is 26.0 Å². The predicted octanol–water partition coefficient (Wildman–Crippen LogP) is 4.79. The summed E-state index contributed by atoms with van der Waals surface area (Å²) in [6.45, 7) is 2.09. The molecule has 0 atom stereocenters. The number of sulfonamides is 1. The van der Waals surface area contributed by atoms with Crippen LogP contribution in [0.5, 0.6) is 0 Å². The lowest BCUT2D eigenvalue weighted by Crippen LogP contribution is -2.34. The van der Waals surface area contributed by atoms with Gasteiger partial charge in [0.1, 0.15) is 0 Å². The fraction of sp³-hybridized carbons (Fsp3) is 0.0909. The third-order valence-corrected chi connectivity index (χ3v) is 6.96. The highest BCUT2D eigenvalue weighted by Gasteiger charge is 2.23. The Kier molecular flexibility index (Phi) is 7.42. The van der Waals surface area contributed by atoms with Crippen LogP contribution in [0.1, 0.15) is 17.3 Å². The molecule has 0 radical (unpaired) electrons. The molecule has 0 unspecified atom stereocenters. The maximum Gasteiger partial charge on any atom is 0.264 e. The molecule has 0 aromatic heterocycles. The van der Waals surface area contributed by atoms with Crippen molar-refractivity contribution < 1.29 is 13.2 Å². The molecule has 2 N–H and O–H groups in total. The van der Waals surface area contributed by atoms with E-state index in [1.54, 1.807) is 61.5 Å². The van der Waals surface area contributed by atoms with E-state index >= 15 is 0 Å². The first-order valence-electron chi connectivity index (χ1n) is 9.37. The zero-order chi connectivity index (χ0) is 22.4. The van der Waals surface area contributed by atoms with Crippen molar-refractivity contribution in [3.63, 3.8) is 0 Å². The molecule has 9 heteroatoms. The SMILES string of the molecule is CCN(c1ccccc1)S(=O)(=O)c1ccc(NC(=S)NC(=O)c2cccc(Br)c2)cc1. The lowest BCUT2D eigenvalue weighted by atomic mass is 10.2. The molecule has 0 aliphatic rings. The van der Waals surface area contributed by atoms with Crippen LogP contribution in [0, 0.1) is 0 Å². The molecule has 0 bridgehead atoms. The molecule has 3 aromatic rings. The number of rotatable bonds is 6. The molecule has 0 heterocycles. The normalized spacial score (nSPS) is 10.9. The number of carbonyl (C=O) groups excluding carboxylic acids is 1. The molecule has 3 rings (SSSR count). The number of para-hydroxylation sites is 1. The quantitative estimate of drug-likeness (QED) is 0.459. The van der Waals surface area contributed by atoms with Crippen molar-refractivity contribution in [2.45, 2.75) is 11.8 Å². The molecule has 1 amide bonds. The number of benzene rings is 3. The molecule has 31 heavy (non-hydrogen) atoms. The average molecular weight is 518 g/mol. The van der Waals surface area contributed by atoms with Crippen LogP contribution in [0.3, 0.4) is 0 Å². The van der Waals surface area contributed by atoms with Gasteiger partial charge in [-0.3, -0.25) is 14.4 Å². The summed E-state index contributed by atoms with van der Waals surface area (Å²) >= 11 is 8.52. The zero-order valence-corrected chi connectivity index (χ0v) is 19.8. The van der Waals surface area contributed by atoms with Gasteiger partial charge in [0.2, 0.25) is 0 Å². The van der Waals surface area contributed by atoms with Crippen LogP contribution >= 0.6 is 28.1 Å². The van der Waals surface area contributed by atoms with E-state index in [9.17, 15) is 13.2 Å². The van der Waals surface area contributed by atoms with Crippen LogP contribution < -0.4 is 14.9 Å². The molecule has 0 fully saturated rings. The van der Waals surface area contributed by atoms with Gasteiger partial charge < -0.3 is 5.32 Å². The van der Waals surface area contributed by atoms with Gasteiger partial charge in [0.25, 0.3) is 15.9 Å². The molecule has 0 saturated heterocycles. The third-order valence-electron chi connectivity index (χ3n) is 4.35. The summed E-state index contributed by atoms with van der Waals surface area (Å²) in [5, 5.41) is 5.60. The molecule has 3 aromatic carbocycles. The van der Waals surface area contributed by atoms with Crippen LogP contribution in [-0.2, 0) is 10.0 Å². The van der Waals surface area contributed by atoms with Gasteiger partial charge in [-0.15, -0.1) is 0 Å². The van der Waals surface area contributed by atoms with Crippen LogP contribution in [0.2, 0.25) is 0 Å². The molecule has 0 aliphatic carbocycles. The van der Waals surface area contributed by atoms with Gasteiger partial charge in [0, 0.05) is 22.3 Å². The summed E-state index contributed by atoms with van der Waals surface area (Å²) in [5.41, 5.74) is 1.62. The average Bonchev–Trinajstić information content (AvgIpc) is 2.75. The summed E-state index contributed by atoms with van der Waals surface area (Å²) in [6.07, 6.45) is 0. The molecule has 0 aliphatic heterocycles. The molecular formula is C22H20BrN3O3S2. The summed E-state index contributed by atoms with van der Waals surface area (Å²) < 4.78 is 28.2. The number of hydrogen-bond acceptors (Lipinski definition) is 4. The van der Waals surface area contributed by atoms with Crippen molar-refractivity contribution in [3.05, 3.63) is 88.9 Å². The van der Waals surface area contributed by atoms with Crippen molar-refractivity contribution in [2.24, 2.45) is 0 Å². The van der Waals surface area contributed by atoms with E-state index in [4.69, 9.17) is 12.2 Å². The Hall–Kier alpha value is -2.75. The van der Waals surface area contributed by atoms with E-state index in [2.05, 4.69) is 26.6 Å². The second kappa shape index (κ2) is 10.0. The fourth-order valence-corrected chi connectivity index (χ4v) is 4.97. The first kappa shape index (κ1) is 22.9. The van der Waals surface area contributed by atoms with Crippen molar-refractivity contribution in [1.29, 1.82) is 0 Å². The molecule has 6 nitrogen and oxygen atoms in total. The van der Waals surface area contributed by atoms with E-state index < -0.39 is 10.0 Å².